The van der Waals surface area contributed by atoms with Crippen molar-refractivity contribution in [3.63, 3.8) is 0 Å². The number of hydrogen-bond acceptors (Lipinski definition) is 7. The molecule has 2 aromatic heterocycles. The van der Waals surface area contributed by atoms with Crippen molar-refractivity contribution in [1.29, 1.82) is 0 Å². The summed E-state index contributed by atoms with van der Waals surface area (Å²) in [6.45, 7) is 1.70. The largest absolute Gasteiger partial charge is 0.367 e. The number of rotatable bonds is 5. The number of pyridine rings is 1. The van der Waals surface area contributed by atoms with Gasteiger partial charge in [0.2, 0.25) is 5.91 Å². The molecule has 33 heavy (non-hydrogen) atoms. The van der Waals surface area contributed by atoms with Gasteiger partial charge in [0, 0.05) is 48.7 Å². The van der Waals surface area contributed by atoms with E-state index in [4.69, 9.17) is 0 Å². The quantitative estimate of drug-likeness (QED) is 0.468. The predicted molar refractivity (Wildman–Crippen MR) is 125 cm³/mol. The zero-order chi connectivity index (χ0) is 22.2. The minimum atomic E-state index is 0.0898. The number of hydrazine groups is 2. The standard InChI is InChI=1S/C24H28N8O/c33-24(31-8-7-21-22(14-31)29-30-28-21)15-32-13-19(12-26-32)18-5-6-23(25-11-18)27-20-9-16-3-1-2-4-17(16)10-20/h1-6,11-13,20-22,28-30H,7-10,14-15H2,(H,25,27). The van der Waals surface area contributed by atoms with Crippen LogP contribution in [0.4, 0.5) is 5.82 Å². The number of carbonyl (C=O) groups is 1. The Morgan fingerprint density at radius 3 is 2.64 bits per heavy atom. The van der Waals surface area contributed by atoms with E-state index in [0.29, 0.717) is 18.6 Å². The van der Waals surface area contributed by atoms with Crippen molar-refractivity contribution in [1.82, 2.24) is 36.1 Å². The highest BCUT2D eigenvalue weighted by Gasteiger charge is 2.34. The molecular formula is C24H28N8O. The van der Waals surface area contributed by atoms with E-state index in [1.54, 1.807) is 10.9 Å². The lowest BCUT2D eigenvalue weighted by Crippen LogP contribution is -2.53. The van der Waals surface area contributed by atoms with Gasteiger partial charge >= 0.3 is 0 Å². The van der Waals surface area contributed by atoms with Crippen LogP contribution in [0.1, 0.15) is 17.5 Å². The molecule has 4 N–H and O–H groups in total. The minimum Gasteiger partial charge on any atom is -0.367 e. The van der Waals surface area contributed by atoms with Gasteiger partial charge in [-0.15, -0.1) is 0 Å². The summed E-state index contributed by atoms with van der Waals surface area (Å²) >= 11 is 0. The molecule has 2 fully saturated rings. The molecule has 170 valence electrons. The molecule has 2 atom stereocenters. The number of hydrogen-bond donors (Lipinski definition) is 4. The number of amides is 1. The monoisotopic (exact) mass is 444 g/mol. The molecule has 6 rings (SSSR count). The number of benzene rings is 1. The summed E-state index contributed by atoms with van der Waals surface area (Å²) in [5.74, 6) is 0.971. The molecule has 1 amide bonds. The van der Waals surface area contributed by atoms with E-state index in [1.807, 2.05) is 23.4 Å². The number of fused-ring (bicyclic) bond motifs is 2. The third kappa shape index (κ3) is 4.22. The molecule has 0 saturated carbocycles. The molecule has 2 unspecified atom stereocenters. The number of nitrogens with zero attached hydrogens (tertiary/aromatic N) is 4. The van der Waals surface area contributed by atoms with Crippen LogP contribution in [0.3, 0.4) is 0 Å². The number of likely N-dealkylation sites (tertiary alicyclic amines) is 1. The lowest BCUT2D eigenvalue weighted by Gasteiger charge is -2.33. The summed E-state index contributed by atoms with van der Waals surface area (Å²) in [7, 11) is 0. The molecule has 2 saturated heterocycles. The highest BCUT2D eigenvalue weighted by Crippen LogP contribution is 2.25. The summed E-state index contributed by atoms with van der Waals surface area (Å²) in [6, 6.07) is 13.7. The Labute approximate surface area is 192 Å². The average Bonchev–Trinajstić information content (AvgIpc) is 3.58. The topological polar surface area (TPSA) is 99.1 Å². The third-order valence-corrected chi connectivity index (χ3v) is 6.91. The van der Waals surface area contributed by atoms with E-state index in [-0.39, 0.29) is 18.5 Å². The number of anilines is 1. The van der Waals surface area contributed by atoms with E-state index < -0.39 is 0 Å². The van der Waals surface area contributed by atoms with Gasteiger partial charge in [-0.25, -0.2) is 15.8 Å². The smallest absolute Gasteiger partial charge is 0.244 e. The van der Waals surface area contributed by atoms with E-state index in [2.05, 4.69) is 62.1 Å². The van der Waals surface area contributed by atoms with Gasteiger partial charge in [-0.2, -0.15) is 10.6 Å². The van der Waals surface area contributed by atoms with E-state index in [0.717, 1.165) is 42.8 Å². The van der Waals surface area contributed by atoms with Gasteiger partial charge in [-0.05, 0) is 42.5 Å². The fourth-order valence-corrected chi connectivity index (χ4v) is 5.08. The van der Waals surface area contributed by atoms with Crippen LogP contribution in [0, 0.1) is 0 Å². The maximum atomic E-state index is 12.8. The molecule has 3 aliphatic rings. The van der Waals surface area contributed by atoms with Crippen LogP contribution < -0.4 is 21.7 Å². The second kappa shape index (κ2) is 8.58. The Kier molecular flexibility index (Phi) is 5.29. The van der Waals surface area contributed by atoms with Gasteiger partial charge in [-0.3, -0.25) is 9.48 Å². The molecule has 4 heterocycles. The van der Waals surface area contributed by atoms with Crippen molar-refractivity contribution in [3.05, 3.63) is 66.1 Å². The van der Waals surface area contributed by atoms with Crippen LogP contribution in [0.5, 0.6) is 0 Å². The highest BCUT2D eigenvalue weighted by atomic mass is 16.2. The van der Waals surface area contributed by atoms with Crippen molar-refractivity contribution in [2.24, 2.45) is 0 Å². The molecule has 0 radical (unpaired) electrons. The Morgan fingerprint density at radius 1 is 1.03 bits per heavy atom. The predicted octanol–water partition coefficient (Wildman–Crippen LogP) is 1.11. The number of carbonyl (C=O) groups excluding carboxylic acids is 1. The van der Waals surface area contributed by atoms with E-state index in [1.165, 1.54) is 11.1 Å². The van der Waals surface area contributed by atoms with Gasteiger partial charge < -0.3 is 10.2 Å². The van der Waals surface area contributed by atoms with Crippen LogP contribution in [0.15, 0.2) is 55.0 Å². The second-order valence-corrected chi connectivity index (χ2v) is 9.13. The lowest BCUT2D eigenvalue weighted by molar-refractivity contribution is -0.133. The van der Waals surface area contributed by atoms with E-state index >= 15 is 0 Å². The number of piperidine rings is 1. The van der Waals surface area contributed by atoms with Gasteiger partial charge in [0.05, 0.1) is 12.2 Å². The first-order chi connectivity index (χ1) is 16.2. The number of nitrogens with one attached hydrogen (secondary N) is 4. The third-order valence-electron chi connectivity index (χ3n) is 6.91. The van der Waals surface area contributed by atoms with Crippen LogP contribution in [-0.4, -0.2) is 56.8 Å². The molecular weight excluding hydrogens is 416 g/mol. The van der Waals surface area contributed by atoms with E-state index in [9.17, 15) is 4.79 Å². The Morgan fingerprint density at radius 2 is 1.85 bits per heavy atom. The number of aromatic nitrogens is 3. The molecule has 3 aromatic rings. The maximum Gasteiger partial charge on any atom is 0.244 e. The van der Waals surface area contributed by atoms with Gasteiger partial charge in [0.1, 0.15) is 12.4 Å². The van der Waals surface area contributed by atoms with Crippen molar-refractivity contribution < 1.29 is 4.79 Å². The van der Waals surface area contributed by atoms with Crippen LogP contribution >= 0.6 is 0 Å². The van der Waals surface area contributed by atoms with Crippen LogP contribution in [-0.2, 0) is 24.2 Å². The normalized spacial score (nSPS) is 22.2. The van der Waals surface area contributed by atoms with Gasteiger partial charge in [0.15, 0.2) is 0 Å². The first kappa shape index (κ1) is 20.3. The van der Waals surface area contributed by atoms with Crippen molar-refractivity contribution in [2.45, 2.75) is 43.9 Å². The van der Waals surface area contributed by atoms with Crippen molar-refractivity contribution >= 4 is 11.7 Å². The Hall–Kier alpha value is -3.27. The first-order valence-electron chi connectivity index (χ1n) is 11.6. The fourth-order valence-electron chi connectivity index (χ4n) is 5.08. The fraction of sp³-hybridized carbons (Fsp3) is 0.375. The molecule has 9 heteroatoms. The summed E-state index contributed by atoms with van der Waals surface area (Å²) in [5, 5.41) is 7.96. The second-order valence-electron chi connectivity index (χ2n) is 9.13. The Balaban J connectivity index is 1.05. The first-order valence-corrected chi connectivity index (χ1v) is 11.6. The molecule has 0 spiro atoms. The Bertz CT molecular complexity index is 1120. The average molecular weight is 445 g/mol. The van der Waals surface area contributed by atoms with Gasteiger partial charge in [0.25, 0.3) is 0 Å². The summed E-state index contributed by atoms with van der Waals surface area (Å²) in [5.41, 5.74) is 14.1. The van der Waals surface area contributed by atoms with Gasteiger partial charge in [-0.1, -0.05) is 24.3 Å². The minimum absolute atomic E-state index is 0.0898. The zero-order valence-electron chi connectivity index (χ0n) is 18.4. The molecule has 2 aliphatic heterocycles. The van der Waals surface area contributed by atoms with Crippen LogP contribution in [0.2, 0.25) is 0 Å². The SMILES string of the molecule is O=C(Cn1cc(-c2ccc(NC3Cc4ccccc4C3)nc2)cn1)N1CCC2NNNC2C1. The summed E-state index contributed by atoms with van der Waals surface area (Å²) in [4.78, 5) is 19.3. The van der Waals surface area contributed by atoms with Crippen molar-refractivity contribution in [3.8, 4) is 11.1 Å². The van der Waals surface area contributed by atoms with Crippen molar-refractivity contribution in [2.75, 3.05) is 18.4 Å². The summed E-state index contributed by atoms with van der Waals surface area (Å²) in [6.07, 6.45) is 8.57. The molecule has 0 bridgehead atoms. The maximum absolute atomic E-state index is 12.8. The molecule has 1 aliphatic carbocycles. The van der Waals surface area contributed by atoms with Crippen LogP contribution in [0.25, 0.3) is 11.1 Å². The lowest BCUT2D eigenvalue weighted by atomic mass is 10.0. The highest BCUT2D eigenvalue weighted by molar-refractivity contribution is 5.76. The zero-order valence-corrected chi connectivity index (χ0v) is 18.4. The molecule has 9 nitrogen and oxygen atoms in total. The molecule has 1 aromatic carbocycles. The summed E-state index contributed by atoms with van der Waals surface area (Å²) < 4.78 is 1.71.